The van der Waals surface area contributed by atoms with Gasteiger partial charge in [0.25, 0.3) is 0 Å². The second-order valence-corrected chi connectivity index (χ2v) is 6.74. The minimum atomic E-state index is -0.579. The predicted octanol–water partition coefficient (Wildman–Crippen LogP) is 3.17. The van der Waals surface area contributed by atoms with Crippen LogP contribution in [0.4, 0.5) is 13.2 Å². The summed E-state index contributed by atoms with van der Waals surface area (Å²) in [6, 6.07) is 10.3. The maximum atomic E-state index is 13.9. The predicted molar refractivity (Wildman–Crippen MR) is 93.9 cm³/mol. The van der Waals surface area contributed by atoms with Gasteiger partial charge in [-0.1, -0.05) is 18.2 Å². The number of benzene rings is 2. The van der Waals surface area contributed by atoms with Gasteiger partial charge in [-0.25, -0.2) is 13.2 Å². The van der Waals surface area contributed by atoms with Crippen molar-refractivity contribution in [2.45, 2.75) is 25.6 Å². The third-order valence-corrected chi connectivity index (χ3v) is 4.81. The Morgan fingerprint density at radius 1 is 0.962 bits per heavy atom. The third-order valence-electron chi connectivity index (χ3n) is 4.81. The molecule has 2 aromatic carbocycles. The smallest absolute Gasteiger partial charge is 0.127 e. The molecule has 140 valence electrons. The zero-order valence-corrected chi connectivity index (χ0v) is 14.5. The lowest BCUT2D eigenvalue weighted by Gasteiger charge is -2.41. The van der Waals surface area contributed by atoms with Crippen molar-refractivity contribution >= 4 is 0 Å². The van der Waals surface area contributed by atoms with Gasteiger partial charge in [-0.05, 0) is 30.2 Å². The molecule has 0 spiro atoms. The summed E-state index contributed by atoms with van der Waals surface area (Å²) in [5.41, 5.74) is 1.23. The average Bonchev–Trinajstić information content (AvgIpc) is 2.58. The fourth-order valence-electron chi connectivity index (χ4n) is 3.54. The van der Waals surface area contributed by atoms with E-state index in [1.165, 1.54) is 18.2 Å². The SMILES string of the molecule is OCC[C@H]1CN(Cc2cc(F)cc(F)c2)CCN1Cc1ccccc1F. The largest absolute Gasteiger partial charge is 0.396 e. The van der Waals surface area contributed by atoms with Gasteiger partial charge in [-0.3, -0.25) is 9.80 Å². The monoisotopic (exact) mass is 364 g/mol. The summed E-state index contributed by atoms with van der Waals surface area (Å²) >= 11 is 0. The Kier molecular flexibility index (Phi) is 6.29. The highest BCUT2D eigenvalue weighted by Gasteiger charge is 2.27. The lowest BCUT2D eigenvalue weighted by Crippen LogP contribution is -2.52. The molecular weight excluding hydrogens is 341 g/mol. The minimum absolute atomic E-state index is 0.0425. The van der Waals surface area contributed by atoms with E-state index in [0.29, 0.717) is 50.3 Å². The first-order chi connectivity index (χ1) is 12.5. The van der Waals surface area contributed by atoms with E-state index in [0.717, 1.165) is 6.07 Å². The van der Waals surface area contributed by atoms with E-state index in [-0.39, 0.29) is 18.5 Å². The first-order valence-electron chi connectivity index (χ1n) is 8.81. The molecule has 3 nitrogen and oxygen atoms in total. The number of halogens is 3. The van der Waals surface area contributed by atoms with Crippen LogP contribution in [0.3, 0.4) is 0 Å². The summed E-state index contributed by atoms with van der Waals surface area (Å²) in [4.78, 5) is 4.28. The van der Waals surface area contributed by atoms with E-state index in [1.54, 1.807) is 12.1 Å². The first kappa shape index (κ1) is 18.9. The van der Waals surface area contributed by atoms with Crippen LogP contribution in [0.2, 0.25) is 0 Å². The Bertz CT molecular complexity index is 720. The van der Waals surface area contributed by atoms with Crippen LogP contribution >= 0.6 is 0 Å². The van der Waals surface area contributed by atoms with Crippen LogP contribution in [-0.4, -0.2) is 47.2 Å². The van der Waals surface area contributed by atoms with E-state index >= 15 is 0 Å². The molecule has 0 saturated carbocycles. The summed E-state index contributed by atoms with van der Waals surface area (Å²) < 4.78 is 40.7. The first-order valence-corrected chi connectivity index (χ1v) is 8.81. The molecule has 1 fully saturated rings. The molecule has 26 heavy (non-hydrogen) atoms. The van der Waals surface area contributed by atoms with Crippen molar-refractivity contribution in [1.82, 2.24) is 9.80 Å². The van der Waals surface area contributed by atoms with Crippen molar-refractivity contribution in [3.63, 3.8) is 0 Å². The average molecular weight is 364 g/mol. The van der Waals surface area contributed by atoms with E-state index < -0.39 is 11.6 Å². The number of rotatable bonds is 6. The van der Waals surface area contributed by atoms with Gasteiger partial charge in [0.1, 0.15) is 17.5 Å². The molecule has 1 aliphatic heterocycles. The normalized spacial score (nSPS) is 19.0. The Labute approximate surface area is 151 Å². The van der Waals surface area contributed by atoms with Crippen LogP contribution < -0.4 is 0 Å². The van der Waals surface area contributed by atoms with Crippen molar-refractivity contribution in [3.05, 3.63) is 71.0 Å². The van der Waals surface area contributed by atoms with Crippen LogP contribution in [0.5, 0.6) is 0 Å². The molecule has 1 saturated heterocycles. The summed E-state index contributed by atoms with van der Waals surface area (Å²) in [5.74, 6) is -1.39. The van der Waals surface area contributed by atoms with Crippen molar-refractivity contribution in [2.75, 3.05) is 26.2 Å². The van der Waals surface area contributed by atoms with Crippen LogP contribution in [0.1, 0.15) is 17.5 Å². The Morgan fingerprint density at radius 3 is 2.38 bits per heavy atom. The van der Waals surface area contributed by atoms with Crippen LogP contribution in [0, 0.1) is 17.5 Å². The summed E-state index contributed by atoms with van der Waals surface area (Å²) in [7, 11) is 0. The highest BCUT2D eigenvalue weighted by atomic mass is 19.1. The number of piperazine rings is 1. The second-order valence-electron chi connectivity index (χ2n) is 6.74. The van der Waals surface area contributed by atoms with Gasteiger partial charge >= 0.3 is 0 Å². The third kappa shape index (κ3) is 4.84. The number of nitrogens with zero attached hydrogens (tertiary/aromatic N) is 2. The topological polar surface area (TPSA) is 26.7 Å². The Hall–Kier alpha value is -1.89. The Morgan fingerprint density at radius 2 is 1.69 bits per heavy atom. The molecule has 0 amide bonds. The summed E-state index contributed by atoms with van der Waals surface area (Å²) in [6.45, 7) is 3.06. The molecule has 3 rings (SSSR count). The highest BCUT2D eigenvalue weighted by molar-refractivity contribution is 5.19. The van der Waals surface area contributed by atoms with E-state index in [2.05, 4.69) is 9.80 Å². The van der Waals surface area contributed by atoms with Gasteiger partial charge in [0, 0.05) is 57.0 Å². The number of hydrogen-bond acceptors (Lipinski definition) is 3. The lowest BCUT2D eigenvalue weighted by atomic mass is 10.1. The van der Waals surface area contributed by atoms with Gasteiger partial charge in [0.2, 0.25) is 0 Å². The molecule has 1 aliphatic rings. The molecule has 1 heterocycles. The van der Waals surface area contributed by atoms with Gasteiger partial charge in [0.05, 0.1) is 0 Å². The second kappa shape index (κ2) is 8.66. The minimum Gasteiger partial charge on any atom is -0.396 e. The van der Waals surface area contributed by atoms with Gasteiger partial charge in [0.15, 0.2) is 0 Å². The van der Waals surface area contributed by atoms with Crippen molar-refractivity contribution in [3.8, 4) is 0 Å². The molecule has 0 unspecified atom stereocenters. The molecular formula is C20H23F3N2O. The zero-order chi connectivity index (χ0) is 18.5. The highest BCUT2D eigenvalue weighted by Crippen LogP contribution is 2.20. The standard InChI is InChI=1S/C20H23F3N2O/c21-17-9-15(10-18(22)11-17)12-24-6-7-25(19(14-24)5-8-26)13-16-3-1-2-4-20(16)23/h1-4,9-11,19,26H,5-8,12-14H2/t19-/m0/s1. The van der Waals surface area contributed by atoms with Gasteiger partial charge < -0.3 is 5.11 Å². The van der Waals surface area contributed by atoms with E-state index in [9.17, 15) is 18.3 Å². The van der Waals surface area contributed by atoms with Crippen LogP contribution in [-0.2, 0) is 13.1 Å². The number of aliphatic hydroxyl groups excluding tert-OH is 1. The molecule has 0 aromatic heterocycles. The summed E-state index contributed by atoms with van der Waals surface area (Å²) in [6.07, 6.45) is 0.572. The maximum absolute atomic E-state index is 13.9. The summed E-state index contributed by atoms with van der Waals surface area (Å²) in [5, 5.41) is 9.39. The van der Waals surface area contributed by atoms with Crippen molar-refractivity contribution in [2.24, 2.45) is 0 Å². The van der Waals surface area contributed by atoms with Crippen LogP contribution in [0.25, 0.3) is 0 Å². The van der Waals surface area contributed by atoms with E-state index in [4.69, 9.17) is 0 Å². The van der Waals surface area contributed by atoms with Crippen molar-refractivity contribution in [1.29, 1.82) is 0 Å². The van der Waals surface area contributed by atoms with Crippen molar-refractivity contribution < 1.29 is 18.3 Å². The molecule has 0 bridgehead atoms. The number of aliphatic hydroxyl groups is 1. The van der Waals surface area contributed by atoms with Crippen LogP contribution in [0.15, 0.2) is 42.5 Å². The fourth-order valence-corrected chi connectivity index (χ4v) is 3.54. The maximum Gasteiger partial charge on any atom is 0.127 e. The van der Waals surface area contributed by atoms with E-state index in [1.807, 2.05) is 6.07 Å². The zero-order valence-electron chi connectivity index (χ0n) is 14.5. The van der Waals surface area contributed by atoms with Gasteiger partial charge in [-0.2, -0.15) is 0 Å². The molecule has 0 radical (unpaired) electrons. The lowest BCUT2D eigenvalue weighted by molar-refractivity contribution is 0.0492. The molecule has 1 atom stereocenters. The number of hydrogen-bond donors (Lipinski definition) is 1. The molecule has 1 N–H and O–H groups in total. The molecule has 2 aromatic rings. The quantitative estimate of drug-likeness (QED) is 0.853. The Balaban J connectivity index is 1.66. The molecule has 0 aliphatic carbocycles. The fraction of sp³-hybridized carbons (Fsp3) is 0.400. The van der Waals surface area contributed by atoms with Gasteiger partial charge in [-0.15, -0.1) is 0 Å². The molecule has 6 heteroatoms.